The molecule has 29 heavy (non-hydrogen) atoms. The Morgan fingerprint density at radius 2 is 1.97 bits per heavy atom. The summed E-state index contributed by atoms with van der Waals surface area (Å²) in [4.78, 5) is 4.17. The van der Waals surface area contributed by atoms with Crippen LogP contribution in [0, 0.1) is 0 Å². The number of halogens is 4. The molecule has 1 saturated heterocycles. The molecule has 1 aromatic carbocycles. The molecule has 0 spiro atoms. The van der Waals surface area contributed by atoms with Crippen LogP contribution in [-0.4, -0.2) is 52.0 Å². The van der Waals surface area contributed by atoms with Crippen LogP contribution < -0.4 is 10.6 Å². The van der Waals surface area contributed by atoms with Crippen LogP contribution in [0.15, 0.2) is 29.3 Å². The Labute approximate surface area is 187 Å². The van der Waals surface area contributed by atoms with Gasteiger partial charge in [-0.15, -0.1) is 24.0 Å². The Bertz CT molecular complexity index is 648. The minimum Gasteiger partial charge on any atom is -0.379 e. The molecule has 1 unspecified atom stereocenters. The van der Waals surface area contributed by atoms with Crippen molar-refractivity contribution >= 4 is 29.9 Å². The average molecular weight is 529 g/mol. The summed E-state index contributed by atoms with van der Waals surface area (Å²) in [5.74, 6) is 0.615. The van der Waals surface area contributed by atoms with Crippen molar-refractivity contribution in [3.8, 4) is 0 Å². The van der Waals surface area contributed by atoms with Gasteiger partial charge in [-0.1, -0.05) is 32.0 Å². The summed E-state index contributed by atoms with van der Waals surface area (Å²) >= 11 is 0. The summed E-state index contributed by atoms with van der Waals surface area (Å²) in [7, 11) is 1.67. The minimum absolute atomic E-state index is 0. The number of guanidine groups is 1. The summed E-state index contributed by atoms with van der Waals surface area (Å²) in [6.07, 6.45) is -2.37. The van der Waals surface area contributed by atoms with E-state index < -0.39 is 17.2 Å². The van der Waals surface area contributed by atoms with E-state index in [-0.39, 0.29) is 30.1 Å². The van der Waals surface area contributed by atoms with Crippen molar-refractivity contribution in [2.45, 2.75) is 44.4 Å². The number of hydrogen-bond acceptors (Lipinski definition) is 3. The molecule has 0 aromatic heterocycles. The standard InChI is InChI=1S/C20H30F3N3O2.HI/c1-19(2,15-6-4-7-16(12-15)20(21,22)23)14-26-18(24-3)25-9-5-10-28-17-8-11-27-13-17;/h4,6-7,12,17H,5,8-11,13-14H2,1-3H3,(H2,24,25,26);1H. The van der Waals surface area contributed by atoms with Gasteiger partial charge in [0.2, 0.25) is 0 Å². The first kappa shape index (κ1) is 26.0. The molecular weight excluding hydrogens is 498 g/mol. The van der Waals surface area contributed by atoms with E-state index in [1.165, 1.54) is 12.1 Å². The molecule has 1 aliphatic rings. The molecule has 5 nitrogen and oxygen atoms in total. The highest BCUT2D eigenvalue weighted by atomic mass is 127. The lowest BCUT2D eigenvalue weighted by molar-refractivity contribution is -0.137. The van der Waals surface area contributed by atoms with Gasteiger partial charge in [-0.3, -0.25) is 4.99 Å². The van der Waals surface area contributed by atoms with Crippen molar-refractivity contribution in [3.63, 3.8) is 0 Å². The van der Waals surface area contributed by atoms with E-state index in [4.69, 9.17) is 9.47 Å². The fraction of sp³-hybridized carbons (Fsp3) is 0.650. The highest BCUT2D eigenvalue weighted by molar-refractivity contribution is 14.0. The fourth-order valence-corrected chi connectivity index (χ4v) is 2.92. The predicted molar refractivity (Wildman–Crippen MR) is 119 cm³/mol. The van der Waals surface area contributed by atoms with Crippen molar-refractivity contribution in [3.05, 3.63) is 35.4 Å². The predicted octanol–water partition coefficient (Wildman–Crippen LogP) is 3.96. The second kappa shape index (κ2) is 11.9. The number of nitrogens with zero attached hydrogens (tertiary/aromatic N) is 1. The molecule has 2 rings (SSSR count). The Morgan fingerprint density at radius 1 is 1.24 bits per heavy atom. The highest BCUT2D eigenvalue weighted by Gasteiger charge is 2.32. The summed E-state index contributed by atoms with van der Waals surface area (Å²) in [5, 5.41) is 6.40. The van der Waals surface area contributed by atoms with Gasteiger partial charge >= 0.3 is 6.18 Å². The van der Waals surface area contributed by atoms with E-state index in [9.17, 15) is 13.2 Å². The van der Waals surface area contributed by atoms with Gasteiger partial charge in [-0.2, -0.15) is 13.2 Å². The molecule has 166 valence electrons. The molecule has 0 aliphatic carbocycles. The molecule has 9 heteroatoms. The summed E-state index contributed by atoms with van der Waals surface area (Å²) < 4.78 is 49.9. The first-order chi connectivity index (χ1) is 13.2. The van der Waals surface area contributed by atoms with E-state index in [1.54, 1.807) is 13.1 Å². The molecule has 2 N–H and O–H groups in total. The fourth-order valence-electron chi connectivity index (χ4n) is 2.92. The third-order valence-corrected chi connectivity index (χ3v) is 4.75. The molecule has 1 aliphatic heterocycles. The molecule has 1 aromatic rings. The number of benzene rings is 1. The zero-order valence-corrected chi connectivity index (χ0v) is 19.5. The molecule has 0 amide bonds. The van der Waals surface area contributed by atoms with Gasteiger partial charge in [0.15, 0.2) is 5.96 Å². The first-order valence-electron chi connectivity index (χ1n) is 9.54. The molecule has 1 fully saturated rings. The molecule has 0 bridgehead atoms. The Morgan fingerprint density at radius 3 is 2.59 bits per heavy atom. The molecule has 1 heterocycles. The number of alkyl halides is 3. The van der Waals surface area contributed by atoms with Crippen molar-refractivity contribution in [2.75, 3.05) is 40.0 Å². The lowest BCUT2D eigenvalue weighted by atomic mass is 9.84. The Kier molecular flexibility index (Phi) is 10.7. The van der Waals surface area contributed by atoms with Crippen molar-refractivity contribution in [2.24, 2.45) is 4.99 Å². The van der Waals surface area contributed by atoms with Crippen LogP contribution in [-0.2, 0) is 21.1 Å². The maximum Gasteiger partial charge on any atom is 0.416 e. The lowest BCUT2D eigenvalue weighted by Crippen LogP contribution is -2.44. The zero-order valence-electron chi connectivity index (χ0n) is 17.1. The zero-order chi connectivity index (χ0) is 20.6. The quantitative estimate of drug-likeness (QED) is 0.232. The highest BCUT2D eigenvalue weighted by Crippen LogP contribution is 2.32. The minimum atomic E-state index is -4.34. The number of aliphatic imine (C=N–C) groups is 1. The van der Waals surface area contributed by atoms with Crippen molar-refractivity contribution in [1.82, 2.24) is 10.6 Å². The third kappa shape index (κ3) is 8.67. The maximum atomic E-state index is 13.0. The van der Waals surface area contributed by atoms with Gasteiger partial charge in [-0.05, 0) is 24.5 Å². The second-order valence-electron chi connectivity index (χ2n) is 7.52. The SMILES string of the molecule is CN=C(NCCCOC1CCOC1)NCC(C)(C)c1cccc(C(F)(F)F)c1.I. The molecular formula is C20H31F3IN3O2. The second-order valence-corrected chi connectivity index (χ2v) is 7.52. The van der Waals surface area contributed by atoms with Gasteiger partial charge in [0, 0.05) is 38.8 Å². The van der Waals surface area contributed by atoms with Crippen LogP contribution in [0.3, 0.4) is 0 Å². The molecule has 0 radical (unpaired) electrons. The Balaban J connectivity index is 0.00000420. The van der Waals surface area contributed by atoms with Gasteiger partial charge in [-0.25, -0.2) is 0 Å². The van der Waals surface area contributed by atoms with Crippen LogP contribution in [0.2, 0.25) is 0 Å². The van der Waals surface area contributed by atoms with Crippen LogP contribution >= 0.6 is 24.0 Å². The van der Waals surface area contributed by atoms with Gasteiger partial charge in [0.1, 0.15) is 0 Å². The summed E-state index contributed by atoms with van der Waals surface area (Å²) in [6.45, 7) is 7.03. The monoisotopic (exact) mass is 529 g/mol. The van der Waals surface area contributed by atoms with E-state index in [0.717, 1.165) is 25.5 Å². The first-order valence-corrected chi connectivity index (χ1v) is 9.54. The van der Waals surface area contributed by atoms with Crippen LogP contribution in [0.1, 0.15) is 37.8 Å². The van der Waals surface area contributed by atoms with Crippen LogP contribution in [0.25, 0.3) is 0 Å². The number of ether oxygens (including phenoxy) is 2. The van der Waals surface area contributed by atoms with Crippen molar-refractivity contribution in [1.29, 1.82) is 0 Å². The Hall–Kier alpha value is -1.07. The van der Waals surface area contributed by atoms with Crippen LogP contribution in [0.4, 0.5) is 13.2 Å². The van der Waals surface area contributed by atoms with E-state index in [1.807, 2.05) is 13.8 Å². The van der Waals surface area contributed by atoms with Gasteiger partial charge in [0.25, 0.3) is 0 Å². The third-order valence-electron chi connectivity index (χ3n) is 4.75. The molecule has 0 saturated carbocycles. The van der Waals surface area contributed by atoms with Gasteiger partial charge < -0.3 is 20.1 Å². The van der Waals surface area contributed by atoms with Crippen LogP contribution in [0.5, 0.6) is 0 Å². The summed E-state index contributed by atoms with van der Waals surface area (Å²) in [6, 6.07) is 5.47. The topological polar surface area (TPSA) is 54.9 Å². The number of rotatable bonds is 8. The average Bonchev–Trinajstić information content (AvgIpc) is 3.17. The smallest absolute Gasteiger partial charge is 0.379 e. The van der Waals surface area contributed by atoms with Crippen molar-refractivity contribution < 1.29 is 22.6 Å². The number of nitrogens with one attached hydrogen (secondary N) is 2. The summed E-state index contributed by atoms with van der Waals surface area (Å²) in [5.41, 5.74) is -0.504. The maximum absolute atomic E-state index is 13.0. The molecule has 1 atom stereocenters. The van der Waals surface area contributed by atoms with Gasteiger partial charge in [0.05, 0.1) is 18.3 Å². The number of hydrogen-bond donors (Lipinski definition) is 2. The normalized spacial score (nSPS) is 17.7. The largest absolute Gasteiger partial charge is 0.416 e. The van der Waals surface area contributed by atoms with E-state index in [2.05, 4.69) is 15.6 Å². The lowest BCUT2D eigenvalue weighted by Gasteiger charge is -2.27. The van der Waals surface area contributed by atoms with E-state index >= 15 is 0 Å². The van der Waals surface area contributed by atoms with E-state index in [0.29, 0.717) is 37.8 Å².